The zero-order valence-electron chi connectivity index (χ0n) is 22.2. The molecule has 12 nitrogen and oxygen atoms in total. The number of hydrogen-bond acceptors (Lipinski definition) is 9. The summed E-state index contributed by atoms with van der Waals surface area (Å²) in [6, 6.07) is 16.4. The number of carbonyl (C=O) groups excluding carboxylic acids is 2. The Morgan fingerprint density at radius 3 is 2.63 bits per heavy atom. The monoisotopic (exact) mass is 619 g/mol. The van der Waals surface area contributed by atoms with Gasteiger partial charge in [-0.25, -0.2) is 0 Å². The van der Waals surface area contributed by atoms with Crippen LogP contribution in [0.1, 0.15) is 48.0 Å². The number of hydrogen-bond donors (Lipinski definition) is 2. The van der Waals surface area contributed by atoms with Gasteiger partial charge in [-0.1, -0.05) is 25.1 Å². The molecule has 2 N–H and O–H groups in total. The van der Waals surface area contributed by atoms with E-state index in [0.717, 1.165) is 11.8 Å². The molecule has 1 unspecified atom stereocenters. The number of likely N-dealkylation sites (N-methyl/N-ethyl adjacent to an activating group) is 1. The molecule has 0 radical (unpaired) electrons. The Kier molecular flexibility index (Phi) is 9.06. The highest BCUT2D eigenvalue weighted by molar-refractivity contribution is 9.10. The molecular weight excluding hydrogens is 594 g/mol. The Balaban J connectivity index is 1.60. The number of amides is 2. The average Bonchev–Trinajstić information content (AvgIpc) is 3.21. The van der Waals surface area contributed by atoms with Gasteiger partial charge in [0.15, 0.2) is 6.23 Å². The molecule has 3 aromatic rings. The molecule has 0 spiro atoms. The fourth-order valence-corrected chi connectivity index (χ4v) is 4.93. The number of anilines is 2. The van der Waals surface area contributed by atoms with Crippen molar-refractivity contribution in [2.75, 3.05) is 29.9 Å². The second kappa shape index (κ2) is 12.7. The summed E-state index contributed by atoms with van der Waals surface area (Å²) in [4.78, 5) is 39.1. The molecule has 0 saturated heterocycles. The Labute approximate surface area is 244 Å². The van der Waals surface area contributed by atoms with Crippen LogP contribution in [-0.4, -0.2) is 46.4 Å². The van der Waals surface area contributed by atoms with Crippen LogP contribution in [0.5, 0.6) is 0 Å². The maximum absolute atomic E-state index is 12.8. The number of nitrogens with zero attached hydrogens (tertiary/aromatic N) is 6. The number of nitro benzene ring substituents is 1. The highest BCUT2D eigenvalue weighted by Gasteiger charge is 2.35. The molecule has 0 fully saturated rings. The molecule has 0 aromatic heterocycles. The van der Waals surface area contributed by atoms with E-state index < -0.39 is 11.2 Å². The predicted octanol–water partition coefficient (Wildman–Crippen LogP) is 5.97. The van der Waals surface area contributed by atoms with E-state index in [2.05, 4.69) is 31.5 Å². The van der Waals surface area contributed by atoms with Crippen LogP contribution in [0.15, 0.2) is 69.3 Å². The van der Waals surface area contributed by atoms with Crippen LogP contribution in [0.4, 0.5) is 28.4 Å². The lowest BCUT2D eigenvalue weighted by Gasteiger charge is -2.28. The van der Waals surface area contributed by atoms with E-state index in [1.807, 2.05) is 17.9 Å². The van der Waals surface area contributed by atoms with Crippen molar-refractivity contribution in [3.63, 3.8) is 0 Å². The van der Waals surface area contributed by atoms with Gasteiger partial charge in [-0.05, 0) is 47.1 Å². The van der Waals surface area contributed by atoms with Gasteiger partial charge in [0.05, 0.1) is 20.6 Å². The number of fused-ring (bicyclic) bond motifs is 1. The number of benzene rings is 3. The van der Waals surface area contributed by atoms with Crippen molar-refractivity contribution in [1.82, 2.24) is 4.90 Å². The molecular formula is C28H26BrN7O5. The van der Waals surface area contributed by atoms with Gasteiger partial charge in [0.25, 0.3) is 11.6 Å². The van der Waals surface area contributed by atoms with Crippen molar-refractivity contribution in [3.8, 4) is 6.07 Å². The first kappa shape index (κ1) is 29.3. The number of rotatable bonds is 10. The fraction of sp³-hybridized carbons (Fsp3) is 0.250. The van der Waals surface area contributed by atoms with E-state index in [1.54, 1.807) is 49.4 Å². The van der Waals surface area contributed by atoms with Crippen LogP contribution in [-0.2, 0) is 4.79 Å². The number of nitriles is 1. The second-order valence-electron chi connectivity index (χ2n) is 9.03. The molecule has 2 amide bonds. The van der Waals surface area contributed by atoms with E-state index in [-0.39, 0.29) is 46.2 Å². The van der Waals surface area contributed by atoms with Crippen LogP contribution in [0.2, 0.25) is 0 Å². The lowest BCUT2D eigenvalue weighted by Crippen LogP contribution is -2.37. The van der Waals surface area contributed by atoms with E-state index in [4.69, 9.17) is 0 Å². The summed E-state index contributed by atoms with van der Waals surface area (Å²) < 4.78 is 0.223. The lowest BCUT2D eigenvalue weighted by atomic mass is 10.1. The van der Waals surface area contributed by atoms with Crippen LogP contribution in [0.25, 0.3) is 0 Å². The third-order valence-corrected chi connectivity index (χ3v) is 7.20. The molecule has 210 valence electrons. The second-order valence-corrected chi connectivity index (χ2v) is 9.89. The number of azo groups is 1. The highest BCUT2D eigenvalue weighted by Crippen LogP contribution is 2.37. The normalized spacial score (nSPS) is 14.2. The minimum Gasteiger partial charge on any atom is -0.370 e. The Bertz CT molecular complexity index is 1590. The topological polar surface area (TPSA) is 165 Å². The molecule has 13 heteroatoms. The Morgan fingerprint density at radius 2 is 1.98 bits per heavy atom. The van der Waals surface area contributed by atoms with Crippen molar-refractivity contribution in [2.45, 2.75) is 26.5 Å². The van der Waals surface area contributed by atoms with Crippen molar-refractivity contribution in [2.24, 2.45) is 10.2 Å². The summed E-state index contributed by atoms with van der Waals surface area (Å²) in [5, 5.41) is 42.5. The van der Waals surface area contributed by atoms with Gasteiger partial charge in [-0.15, -0.1) is 10.2 Å². The number of aliphatic hydroxyl groups excluding tert-OH is 1. The summed E-state index contributed by atoms with van der Waals surface area (Å²) >= 11 is 3.22. The minimum atomic E-state index is -1.02. The molecule has 4 rings (SSSR count). The first-order valence-electron chi connectivity index (χ1n) is 12.7. The number of halogens is 1. The zero-order chi connectivity index (χ0) is 29.7. The molecule has 1 heterocycles. The van der Waals surface area contributed by atoms with Crippen LogP contribution < -0.4 is 10.2 Å². The lowest BCUT2D eigenvalue weighted by molar-refractivity contribution is -0.384. The maximum atomic E-state index is 12.8. The fourth-order valence-electron chi connectivity index (χ4n) is 4.40. The maximum Gasteiger partial charge on any atom is 0.272 e. The summed E-state index contributed by atoms with van der Waals surface area (Å²) in [5.74, 6) is -0.482. The molecule has 0 saturated carbocycles. The summed E-state index contributed by atoms with van der Waals surface area (Å²) in [6.45, 7) is 4.92. The molecule has 3 aromatic carbocycles. The van der Waals surface area contributed by atoms with Crippen molar-refractivity contribution in [1.29, 1.82) is 5.26 Å². The molecule has 0 bridgehead atoms. The van der Waals surface area contributed by atoms with E-state index >= 15 is 0 Å². The number of nitrogens with one attached hydrogen (secondary N) is 1. The standard InChI is InChI=1S/C28H26BrN7O5/c1-3-25(37)31-24-15-18(34(4-2)11-12-35-27(38)20-7-5-6-8-21(20)28(35)39)9-10-23(24)32-33-26-17(16-30)13-19(36(40)41)14-22(26)29/h5-10,13-15,27,38H,3-4,11-12H2,1-2H3,(H,31,37). The van der Waals surface area contributed by atoms with E-state index in [9.17, 15) is 30.1 Å². The summed E-state index contributed by atoms with van der Waals surface area (Å²) in [6.07, 6.45) is -0.794. The van der Waals surface area contributed by atoms with Gasteiger partial charge < -0.3 is 20.2 Å². The molecule has 41 heavy (non-hydrogen) atoms. The van der Waals surface area contributed by atoms with Gasteiger partial charge in [0, 0.05) is 55.0 Å². The van der Waals surface area contributed by atoms with Gasteiger partial charge in [0.1, 0.15) is 17.4 Å². The first-order chi connectivity index (χ1) is 19.7. The third kappa shape index (κ3) is 6.24. The SMILES string of the molecule is CCC(=O)Nc1cc(N(CC)CCN2C(=O)c3ccccc3C2O)ccc1N=Nc1c(Br)cc([N+](=O)[O-])cc1C#N. The summed E-state index contributed by atoms with van der Waals surface area (Å²) in [5.41, 5.74) is 2.30. The Hall–Kier alpha value is -4.67. The molecule has 0 aliphatic carbocycles. The van der Waals surface area contributed by atoms with Gasteiger partial charge in [-0.2, -0.15) is 5.26 Å². The first-order valence-corrected chi connectivity index (χ1v) is 13.5. The van der Waals surface area contributed by atoms with Gasteiger partial charge >= 0.3 is 0 Å². The number of nitro groups is 1. The third-order valence-electron chi connectivity index (χ3n) is 6.60. The summed E-state index contributed by atoms with van der Waals surface area (Å²) in [7, 11) is 0. The van der Waals surface area contributed by atoms with E-state index in [0.29, 0.717) is 35.6 Å². The van der Waals surface area contributed by atoms with Gasteiger partial charge in [0.2, 0.25) is 5.91 Å². The Morgan fingerprint density at radius 1 is 1.22 bits per heavy atom. The molecule has 1 aliphatic rings. The van der Waals surface area contributed by atoms with Crippen molar-refractivity contribution >= 4 is 56.2 Å². The largest absolute Gasteiger partial charge is 0.370 e. The van der Waals surface area contributed by atoms with Crippen LogP contribution in [0, 0.1) is 21.4 Å². The number of carbonyl (C=O) groups is 2. The highest BCUT2D eigenvalue weighted by atomic mass is 79.9. The minimum absolute atomic E-state index is 0.0384. The predicted molar refractivity (Wildman–Crippen MR) is 155 cm³/mol. The van der Waals surface area contributed by atoms with Crippen LogP contribution in [0.3, 0.4) is 0 Å². The zero-order valence-corrected chi connectivity index (χ0v) is 23.8. The average molecular weight is 620 g/mol. The molecule has 1 aliphatic heterocycles. The van der Waals surface area contributed by atoms with E-state index in [1.165, 1.54) is 11.0 Å². The quantitative estimate of drug-likeness (QED) is 0.160. The van der Waals surface area contributed by atoms with Crippen molar-refractivity contribution in [3.05, 3.63) is 85.9 Å². The number of aliphatic hydroxyl groups is 1. The number of non-ortho nitro benzene ring substituents is 1. The van der Waals surface area contributed by atoms with Crippen LogP contribution >= 0.6 is 15.9 Å². The smallest absolute Gasteiger partial charge is 0.272 e. The van der Waals surface area contributed by atoms with Crippen molar-refractivity contribution < 1.29 is 19.6 Å². The van der Waals surface area contributed by atoms with Gasteiger partial charge in [-0.3, -0.25) is 19.7 Å². The molecule has 1 atom stereocenters.